The third kappa shape index (κ3) is 4.05. The first-order valence-electron chi connectivity index (χ1n) is 7.08. The van der Waals surface area contributed by atoms with Crippen LogP contribution in [0.4, 0.5) is 10.1 Å². The van der Waals surface area contributed by atoms with Gasteiger partial charge in [-0.25, -0.2) is 4.39 Å². The van der Waals surface area contributed by atoms with Crippen LogP contribution in [0.25, 0.3) is 0 Å². The van der Waals surface area contributed by atoms with Crippen molar-refractivity contribution in [1.82, 2.24) is 0 Å². The van der Waals surface area contributed by atoms with Crippen LogP contribution in [0.15, 0.2) is 18.2 Å². The van der Waals surface area contributed by atoms with E-state index < -0.39 is 0 Å². The van der Waals surface area contributed by atoms with Gasteiger partial charge in [0.1, 0.15) is 5.82 Å². The van der Waals surface area contributed by atoms with E-state index in [1.165, 1.54) is 13.0 Å². The van der Waals surface area contributed by atoms with Crippen LogP contribution in [0.2, 0.25) is 0 Å². The maximum absolute atomic E-state index is 14.2. The number of nitrogens with zero attached hydrogens (tertiary/aromatic N) is 1. The molecule has 0 N–H and O–H groups in total. The van der Waals surface area contributed by atoms with Crippen LogP contribution in [-0.4, -0.2) is 18.4 Å². The minimum absolute atomic E-state index is 0.103. The standard InChI is InChI=1S/C16H24FNO/c1-5-7-10-18(12(3)6-2)16-9-8-14(13(4)19)11-15(16)17/h8-9,11-12H,5-7,10H2,1-4H3. The van der Waals surface area contributed by atoms with Crippen molar-refractivity contribution in [3.05, 3.63) is 29.6 Å². The summed E-state index contributed by atoms with van der Waals surface area (Å²) in [6, 6.07) is 5.08. The molecule has 0 fully saturated rings. The lowest BCUT2D eigenvalue weighted by Gasteiger charge is -2.31. The van der Waals surface area contributed by atoms with Crippen molar-refractivity contribution in [2.45, 2.75) is 53.0 Å². The second kappa shape index (κ2) is 7.27. The van der Waals surface area contributed by atoms with E-state index in [0.29, 0.717) is 17.3 Å². The monoisotopic (exact) mass is 265 g/mol. The van der Waals surface area contributed by atoms with Crippen molar-refractivity contribution in [2.24, 2.45) is 0 Å². The normalized spacial score (nSPS) is 12.3. The van der Waals surface area contributed by atoms with Crippen LogP contribution in [0.1, 0.15) is 57.3 Å². The second-order valence-electron chi connectivity index (χ2n) is 5.03. The van der Waals surface area contributed by atoms with E-state index in [9.17, 15) is 9.18 Å². The highest BCUT2D eigenvalue weighted by Gasteiger charge is 2.17. The van der Waals surface area contributed by atoms with Gasteiger partial charge in [0.2, 0.25) is 0 Å². The minimum atomic E-state index is -0.302. The van der Waals surface area contributed by atoms with Gasteiger partial charge in [-0.2, -0.15) is 0 Å². The maximum Gasteiger partial charge on any atom is 0.159 e. The van der Waals surface area contributed by atoms with Crippen molar-refractivity contribution in [3.63, 3.8) is 0 Å². The average Bonchev–Trinajstić information content (AvgIpc) is 2.39. The second-order valence-corrected chi connectivity index (χ2v) is 5.03. The summed E-state index contributed by atoms with van der Waals surface area (Å²) in [5.41, 5.74) is 1.04. The number of unbranched alkanes of at least 4 members (excludes halogenated alkanes) is 1. The zero-order chi connectivity index (χ0) is 14.4. The quantitative estimate of drug-likeness (QED) is 0.680. The first-order chi connectivity index (χ1) is 9.01. The zero-order valence-corrected chi connectivity index (χ0v) is 12.4. The molecular formula is C16H24FNO. The van der Waals surface area contributed by atoms with Crippen LogP contribution < -0.4 is 4.90 Å². The molecule has 0 radical (unpaired) electrons. The van der Waals surface area contributed by atoms with Crippen LogP contribution >= 0.6 is 0 Å². The molecule has 1 unspecified atom stereocenters. The van der Waals surface area contributed by atoms with Crippen molar-refractivity contribution in [3.8, 4) is 0 Å². The summed E-state index contributed by atoms with van der Waals surface area (Å²) in [6.07, 6.45) is 3.09. The Kier molecular flexibility index (Phi) is 6.00. The Bertz CT molecular complexity index is 431. The predicted molar refractivity (Wildman–Crippen MR) is 78.4 cm³/mol. The van der Waals surface area contributed by atoms with Crippen LogP contribution in [0.3, 0.4) is 0 Å². The van der Waals surface area contributed by atoms with Crippen molar-refractivity contribution in [2.75, 3.05) is 11.4 Å². The number of anilines is 1. The van der Waals surface area contributed by atoms with Crippen LogP contribution in [-0.2, 0) is 0 Å². The molecule has 0 saturated heterocycles. The molecule has 0 spiro atoms. The topological polar surface area (TPSA) is 20.3 Å². The molecule has 1 aromatic rings. The molecule has 0 aliphatic carbocycles. The fourth-order valence-corrected chi connectivity index (χ4v) is 2.09. The third-order valence-corrected chi connectivity index (χ3v) is 3.54. The fraction of sp³-hybridized carbons (Fsp3) is 0.562. The molecular weight excluding hydrogens is 241 g/mol. The molecule has 0 aliphatic heterocycles. The molecule has 0 heterocycles. The number of halogens is 1. The largest absolute Gasteiger partial charge is 0.366 e. The van der Waals surface area contributed by atoms with E-state index in [4.69, 9.17) is 0 Å². The summed E-state index contributed by atoms with van der Waals surface area (Å²) in [4.78, 5) is 13.4. The molecule has 106 valence electrons. The van der Waals surface area contributed by atoms with Gasteiger partial charge in [-0.3, -0.25) is 4.79 Å². The molecule has 0 saturated carbocycles. The van der Waals surface area contributed by atoms with Gasteiger partial charge in [0.05, 0.1) is 5.69 Å². The lowest BCUT2D eigenvalue weighted by Crippen LogP contribution is -2.34. The van der Waals surface area contributed by atoms with Crippen LogP contribution in [0.5, 0.6) is 0 Å². The van der Waals surface area contributed by atoms with E-state index in [-0.39, 0.29) is 11.6 Å². The van der Waals surface area contributed by atoms with Crippen molar-refractivity contribution in [1.29, 1.82) is 0 Å². The molecule has 0 bridgehead atoms. The van der Waals surface area contributed by atoms with Crippen molar-refractivity contribution < 1.29 is 9.18 Å². The summed E-state index contributed by atoms with van der Waals surface area (Å²) in [7, 11) is 0. The van der Waals surface area contributed by atoms with Gasteiger partial charge in [-0.1, -0.05) is 20.3 Å². The van der Waals surface area contributed by atoms with Gasteiger partial charge in [0, 0.05) is 18.2 Å². The number of hydrogen-bond acceptors (Lipinski definition) is 2. The predicted octanol–water partition coefficient (Wildman–Crippen LogP) is 4.43. The number of carbonyl (C=O) groups is 1. The molecule has 1 aromatic carbocycles. The summed E-state index contributed by atoms with van der Waals surface area (Å²) in [5.74, 6) is -0.404. The Balaban J connectivity index is 3.04. The highest BCUT2D eigenvalue weighted by molar-refractivity contribution is 5.94. The summed E-state index contributed by atoms with van der Waals surface area (Å²) >= 11 is 0. The van der Waals surface area contributed by atoms with Gasteiger partial charge in [0.15, 0.2) is 5.78 Å². The number of rotatable bonds is 7. The maximum atomic E-state index is 14.2. The van der Waals surface area contributed by atoms with Crippen LogP contribution in [0, 0.1) is 5.82 Å². The van der Waals surface area contributed by atoms with Gasteiger partial charge in [-0.05, 0) is 44.9 Å². The van der Waals surface area contributed by atoms with Gasteiger partial charge in [0.25, 0.3) is 0 Å². The number of carbonyl (C=O) groups excluding carboxylic acids is 1. The summed E-state index contributed by atoms with van der Waals surface area (Å²) < 4.78 is 14.2. The summed E-state index contributed by atoms with van der Waals surface area (Å²) in [5, 5.41) is 0. The molecule has 19 heavy (non-hydrogen) atoms. The van der Waals surface area contributed by atoms with E-state index in [2.05, 4.69) is 25.7 Å². The highest BCUT2D eigenvalue weighted by Crippen LogP contribution is 2.24. The lowest BCUT2D eigenvalue weighted by atomic mass is 10.1. The van der Waals surface area contributed by atoms with E-state index in [0.717, 1.165) is 25.8 Å². The Hall–Kier alpha value is -1.38. The lowest BCUT2D eigenvalue weighted by molar-refractivity contribution is 0.101. The SMILES string of the molecule is CCCCN(c1ccc(C(C)=O)cc1F)C(C)CC. The first kappa shape index (κ1) is 15.7. The Morgan fingerprint density at radius 3 is 2.53 bits per heavy atom. The molecule has 0 amide bonds. The van der Waals surface area contributed by atoms with E-state index in [1.807, 2.05) is 0 Å². The van der Waals surface area contributed by atoms with E-state index in [1.54, 1.807) is 12.1 Å². The van der Waals surface area contributed by atoms with Gasteiger partial charge < -0.3 is 4.90 Å². The number of hydrogen-bond donors (Lipinski definition) is 0. The Labute approximate surface area is 115 Å². The number of ketones is 1. The summed E-state index contributed by atoms with van der Waals surface area (Å²) in [6.45, 7) is 8.64. The van der Waals surface area contributed by atoms with Gasteiger partial charge >= 0.3 is 0 Å². The first-order valence-corrected chi connectivity index (χ1v) is 7.08. The van der Waals surface area contributed by atoms with Crippen molar-refractivity contribution >= 4 is 11.5 Å². The molecule has 0 aromatic heterocycles. The number of benzene rings is 1. The average molecular weight is 265 g/mol. The Morgan fingerprint density at radius 2 is 2.05 bits per heavy atom. The smallest absolute Gasteiger partial charge is 0.159 e. The molecule has 1 rings (SSSR count). The molecule has 1 atom stereocenters. The molecule has 3 heteroatoms. The fourth-order valence-electron chi connectivity index (χ4n) is 2.09. The Morgan fingerprint density at radius 1 is 1.37 bits per heavy atom. The third-order valence-electron chi connectivity index (χ3n) is 3.54. The zero-order valence-electron chi connectivity index (χ0n) is 12.4. The van der Waals surface area contributed by atoms with Gasteiger partial charge in [-0.15, -0.1) is 0 Å². The number of Topliss-reactive ketones (excluding diaryl/α,β-unsaturated/α-hetero) is 1. The molecule has 0 aliphatic rings. The minimum Gasteiger partial charge on any atom is -0.366 e. The molecule has 2 nitrogen and oxygen atoms in total. The van der Waals surface area contributed by atoms with E-state index >= 15 is 0 Å². The highest BCUT2D eigenvalue weighted by atomic mass is 19.1.